The molecule has 0 aromatic heterocycles. The van der Waals surface area contributed by atoms with Gasteiger partial charge in [0.2, 0.25) is 0 Å². The Balaban J connectivity index is 2.68. The van der Waals surface area contributed by atoms with Crippen molar-refractivity contribution in [2.75, 3.05) is 14.2 Å². The highest BCUT2D eigenvalue weighted by Crippen LogP contribution is 2.28. The molecule has 0 aromatic carbocycles. The number of carbonyl (C=O) groups excluding carboxylic acids is 2. The zero-order valence-corrected chi connectivity index (χ0v) is 12.3. The Hall–Kier alpha value is -1.14. The molecule has 20 heavy (non-hydrogen) atoms. The van der Waals surface area contributed by atoms with E-state index in [4.69, 9.17) is 4.74 Å². The van der Waals surface area contributed by atoms with Crippen molar-refractivity contribution < 1.29 is 28.9 Å². The summed E-state index contributed by atoms with van der Waals surface area (Å²) < 4.78 is 14.6. The zero-order chi connectivity index (χ0) is 15.1. The van der Waals surface area contributed by atoms with Crippen molar-refractivity contribution in [1.82, 2.24) is 0 Å². The number of methoxy groups -OCH3 is 2. The minimum atomic E-state index is -1.67. The van der Waals surface area contributed by atoms with Crippen LogP contribution in [0.5, 0.6) is 0 Å². The molecule has 0 radical (unpaired) electrons. The van der Waals surface area contributed by atoms with E-state index < -0.39 is 24.1 Å². The van der Waals surface area contributed by atoms with Crippen molar-refractivity contribution in [3.63, 3.8) is 0 Å². The van der Waals surface area contributed by atoms with Gasteiger partial charge in [0, 0.05) is 0 Å². The van der Waals surface area contributed by atoms with Gasteiger partial charge in [-0.2, -0.15) is 0 Å². The minimum absolute atomic E-state index is 0.223. The predicted molar refractivity (Wildman–Crippen MR) is 70.9 cm³/mol. The lowest BCUT2D eigenvalue weighted by Gasteiger charge is -2.31. The summed E-state index contributed by atoms with van der Waals surface area (Å²) in [6.45, 7) is 1.86. The van der Waals surface area contributed by atoms with Crippen LogP contribution >= 0.6 is 0 Å². The molecule has 6 heteroatoms. The van der Waals surface area contributed by atoms with Crippen LogP contribution in [0.15, 0.2) is 0 Å². The topological polar surface area (TPSA) is 82.1 Å². The number of aliphatic hydroxyl groups excluding tert-OH is 1. The van der Waals surface area contributed by atoms with Crippen LogP contribution in [0.3, 0.4) is 0 Å². The summed E-state index contributed by atoms with van der Waals surface area (Å²) in [6, 6.07) is 0. The lowest BCUT2D eigenvalue weighted by Crippen LogP contribution is -2.45. The van der Waals surface area contributed by atoms with Gasteiger partial charge in [-0.3, -0.25) is 0 Å². The summed E-state index contributed by atoms with van der Waals surface area (Å²) in [5.74, 6) is -1.34. The van der Waals surface area contributed by atoms with Crippen LogP contribution in [-0.4, -0.2) is 49.6 Å². The first-order valence-electron chi connectivity index (χ1n) is 7.00. The molecule has 1 fully saturated rings. The largest absolute Gasteiger partial charge is 0.467 e. The fourth-order valence-electron chi connectivity index (χ4n) is 2.57. The van der Waals surface area contributed by atoms with Crippen LogP contribution in [0.1, 0.15) is 39.0 Å². The van der Waals surface area contributed by atoms with Gasteiger partial charge in [0.1, 0.15) is 0 Å². The molecule has 0 bridgehead atoms. The highest BCUT2D eigenvalue weighted by Gasteiger charge is 2.37. The maximum atomic E-state index is 11.7. The molecule has 1 N–H and O–H groups in total. The van der Waals surface area contributed by atoms with Crippen molar-refractivity contribution in [3.8, 4) is 0 Å². The summed E-state index contributed by atoms with van der Waals surface area (Å²) in [6.07, 6.45) is 2.32. The maximum Gasteiger partial charge on any atom is 0.338 e. The molecule has 0 aliphatic heterocycles. The third kappa shape index (κ3) is 4.45. The van der Waals surface area contributed by atoms with Crippen LogP contribution < -0.4 is 0 Å². The van der Waals surface area contributed by atoms with Crippen molar-refractivity contribution in [1.29, 1.82) is 0 Å². The number of esters is 2. The molecule has 1 aliphatic carbocycles. The average Bonchev–Trinajstić information content (AvgIpc) is 2.50. The standard InChI is InChI=1S/C14H24O6/c1-9(10-7-5-4-6-8-10)20-12(14(17)19-3)11(15)13(16)18-2/h9-12,15H,4-8H2,1-3H3/t9-,11-,12-/m1/s1. The smallest absolute Gasteiger partial charge is 0.338 e. The van der Waals surface area contributed by atoms with Gasteiger partial charge in [0.15, 0.2) is 12.2 Å². The Morgan fingerprint density at radius 2 is 1.60 bits per heavy atom. The maximum absolute atomic E-state index is 11.7. The molecular formula is C14H24O6. The van der Waals surface area contributed by atoms with Gasteiger partial charge >= 0.3 is 11.9 Å². The van der Waals surface area contributed by atoms with Crippen molar-refractivity contribution in [2.45, 2.75) is 57.3 Å². The Morgan fingerprint density at radius 1 is 1.05 bits per heavy atom. The van der Waals surface area contributed by atoms with E-state index in [0.29, 0.717) is 5.92 Å². The number of aliphatic hydroxyl groups is 1. The van der Waals surface area contributed by atoms with E-state index in [1.54, 1.807) is 0 Å². The molecule has 1 rings (SSSR count). The molecule has 0 amide bonds. The van der Waals surface area contributed by atoms with Gasteiger partial charge in [-0.1, -0.05) is 19.3 Å². The first-order chi connectivity index (χ1) is 9.51. The van der Waals surface area contributed by atoms with Crippen molar-refractivity contribution >= 4 is 11.9 Å². The van der Waals surface area contributed by atoms with Crippen LogP contribution in [0.25, 0.3) is 0 Å². The number of rotatable bonds is 6. The van der Waals surface area contributed by atoms with Gasteiger partial charge in [-0.25, -0.2) is 9.59 Å². The molecule has 1 saturated carbocycles. The average molecular weight is 288 g/mol. The Morgan fingerprint density at radius 3 is 2.10 bits per heavy atom. The van der Waals surface area contributed by atoms with E-state index in [-0.39, 0.29) is 6.10 Å². The van der Waals surface area contributed by atoms with Crippen LogP contribution in [0.2, 0.25) is 0 Å². The third-order valence-corrected chi connectivity index (χ3v) is 3.84. The second kappa shape index (κ2) is 8.21. The van der Waals surface area contributed by atoms with Gasteiger partial charge in [-0.05, 0) is 25.7 Å². The van der Waals surface area contributed by atoms with E-state index in [1.165, 1.54) is 13.5 Å². The van der Waals surface area contributed by atoms with Crippen molar-refractivity contribution in [2.24, 2.45) is 5.92 Å². The second-order valence-corrected chi connectivity index (χ2v) is 5.15. The minimum Gasteiger partial charge on any atom is -0.467 e. The van der Waals surface area contributed by atoms with Crippen LogP contribution in [0, 0.1) is 5.92 Å². The number of ether oxygens (including phenoxy) is 3. The second-order valence-electron chi connectivity index (χ2n) is 5.15. The molecule has 0 heterocycles. The van der Waals surface area contributed by atoms with E-state index in [9.17, 15) is 14.7 Å². The first kappa shape index (κ1) is 16.9. The number of hydrogen-bond donors (Lipinski definition) is 1. The highest BCUT2D eigenvalue weighted by molar-refractivity contribution is 5.85. The number of hydrogen-bond acceptors (Lipinski definition) is 6. The monoisotopic (exact) mass is 288 g/mol. The van der Waals surface area contributed by atoms with E-state index in [2.05, 4.69) is 9.47 Å². The summed E-state index contributed by atoms with van der Waals surface area (Å²) in [5.41, 5.74) is 0. The van der Waals surface area contributed by atoms with Gasteiger partial charge in [0.25, 0.3) is 0 Å². The van der Waals surface area contributed by atoms with Gasteiger partial charge < -0.3 is 19.3 Å². The molecule has 0 aromatic rings. The molecule has 6 nitrogen and oxygen atoms in total. The predicted octanol–water partition coefficient (Wildman–Crippen LogP) is 1.05. The Bertz CT molecular complexity index is 324. The SMILES string of the molecule is COC(=O)[C@H](O)[C@@H](O[C@H](C)C1CCCCC1)C(=O)OC. The molecule has 1 aliphatic rings. The van der Waals surface area contributed by atoms with Crippen molar-refractivity contribution in [3.05, 3.63) is 0 Å². The van der Waals surface area contributed by atoms with E-state index in [0.717, 1.165) is 32.8 Å². The molecule has 116 valence electrons. The fraction of sp³-hybridized carbons (Fsp3) is 0.857. The lowest BCUT2D eigenvalue weighted by atomic mass is 9.86. The van der Waals surface area contributed by atoms with E-state index >= 15 is 0 Å². The molecule has 0 spiro atoms. The fourth-order valence-corrected chi connectivity index (χ4v) is 2.57. The van der Waals surface area contributed by atoms with Gasteiger partial charge in [-0.15, -0.1) is 0 Å². The summed E-state index contributed by atoms with van der Waals surface area (Å²) >= 11 is 0. The molecule has 0 saturated heterocycles. The Kier molecular flexibility index (Phi) is 6.95. The molecule has 3 atom stereocenters. The normalized spacial score (nSPS) is 20.8. The summed E-state index contributed by atoms with van der Waals surface area (Å²) in [4.78, 5) is 23.0. The quantitative estimate of drug-likeness (QED) is 0.736. The van der Waals surface area contributed by atoms with E-state index in [1.807, 2.05) is 6.92 Å². The molecular weight excluding hydrogens is 264 g/mol. The highest BCUT2D eigenvalue weighted by atomic mass is 16.6. The van der Waals surface area contributed by atoms with Gasteiger partial charge in [0.05, 0.1) is 20.3 Å². The molecule has 0 unspecified atom stereocenters. The van der Waals surface area contributed by atoms with Crippen LogP contribution in [-0.2, 0) is 23.8 Å². The Labute approximate surface area is 119 Å². The lowest BCUT2D eigenvalue weighted by molar-refractivity contribution is -0.182. The first-order valence-corrected chi connectivity index (χ1v) is 7.00. The van der Waals surface area contributed by atoms with Crippen LogP contribution in [0.4, 0.5) is 0 Å². The summed E-state index contributed by atoms with van der Waals surface area (Å²) in [5, 5.41) is 9.83. The zero-order valence-electron chi connectivity index (χ0n) is 12.3. The third-order valence-electron chi connectivity index (χ3n) is 3.84. The summed E-state index contributed by atoms with van der Waals surface area (Å²) in [7, 11) is 2.33. The number of carbonyl (C=O) groups is 2.